The van der Waals surface area contributed by atoms with E-state index >= 15 is 0 Å². The van der Waals surface area contributed by atoms with Gasteiger partial charge in [0.1, 0.15) is 13.2 Å². The van der Waals surface area contributed by atoms with Gasteiger partial charge in [-0.1, -0.05) is 0 Å². The molecule has 3 N–H and O–H groups in total. The highest BCUT2D eigenvalue weighted by Crippen LogP contribution is 2.14. The average molecular weight is 259 g/mol. The number of carboxylic acid groups (broad SMARTS) is 1. The first-order chi connectivity index (χ1) is 7.54. The van der Waals surface area contributed by atoms with Crippen LogP contribution < -0.4 is 5.32 Å². The second-order valence-corrected chi connectivity index (χ2v) is 3.46. The van der Waals surface area contributed by atoms with Crippen LogP contribution in [-0.2, 0) is 14.3 Å². The molecule has 0 radical (unpaired) electrons. The average Bonchev–Trinajstić information content (AvgIpc) is 2.12. The standard InChI is InChI=1S/C8H12F3NO5/c1-7(16,6(14)15)3-12-5(13)2-17-4-8(9,10)11/h16H,2-4H2,1H3,(H,12,13)(H,14,15). The van der Waals surface area contributed by atoms with E-state index in [0.717, 1.165) is 6.92 Å². The minimum Gasteiger partial charge on any atom is -0.479 e. The fourth-order valence-electron chi connectivity index (χ4n) is 0.657. The molecule has 0 rings (SSSR count). The number of hydrogen-bond acceptors (Lipinski definition) is 4. The van der Waals surface area contributed by atoms with E-state index in [4.69, 9.17) is 10.2 Å². The number of halogens is 3. The molecule has 17 heavy (non-hydrogen) atoms. The van der Waals surface area contributed by atoms with E-state index < -0.39 is 43.4 Å². The Morgan fingerprint density at radius 2 is 1.88 bits per heavy atom. The van der Waals surface area contributed by atoms with E-state index in [-0.39, 0.29) is 0 Å². The number of alkyl halides is 3. The van der Waals surface area contributed by atoms with E-state index in [1.807, 2.05) is 5.32 Å². The van der Waals surface area contributed by atoms with Gasteiger partial charge in [0.05, 0.1) is 6.54 Å². The number of rotatable bonds is 6. The lowest BCUT2D eigenvalue weighted by atomic mass is 10.1. The highest BCUT2D eigenvalue weighted by Gasteiger charge is 2.31. The Labute approximate surface area is 94.4 Å². The van der Waals surface area contributed by atoms with Crippen molar-refractivity contribution in [2.75, 3.05) is 19.8 Å². The fraction of sp³-hybridized carbons (Fsp3) is 0.750. The molecule has 0 aromatic rings. The molecule has 0 aliphatic carbocycles. The van der Waals surface area contributed by atoms with Crippen LogP contribution in [0.25, 0.3) is 0 Å². The largest absolute Gasteiger partial charge is 0.479 e. The molecule has 0 spiro atoms. The lowest BCUT2D eigenvalue weighted by molar-refractivity contribution is -0.175. The Morgan fingerprint density at radius 3 is 2.29 bits per heavy atom. The van der Waals surface area contributed by atoms with Gasteiger partial charge in [0.2, 0.25) is 5.91 Å². The molecule has 0 saturated heterocycles. The second kappa shape index (κ2) is 5.82. The van der Waals surface area contributed by atoms with Crippen molar-refractivity contribution in [2.24, 2.45) is 0 Å². The molecule has 0 aromatic heterocycles. The molecule has 0 heterocycles. The molecular formula is C8H12F3NO5. The third-order valence-electron chi connectivity index (χ3n) is 1.59. The lowest BCUT2D eigenvalue weighted by Gasteiger charge is -2.18. The zero-order valence-electron chi connectivity index (χ0n) is 8.87. The highest BCUT2D eigenvalue weighted by atomic mass is 19.4. The van der Waals surface area contributed by atoms with Gasteiger partial charge in [-0.05, 0) is 6.92 Å². The van der Waals surface area contributed by atoms with Crippen LogP contribution in [0.4, 0.5) is 13.2 Å². The first-order valence-electron chi connectivity index (χ1n) is 4.41. The number of ether oxygens (including phenoxy) is 1. The minimum atomic E-state index is -4.53. The summed E-state index contributed by atoms with van der Waals surface area (Å²) in [5.74, 6) is -2.51. The Hall–Kier alpha value is -1.35. The van der Waals surface area contributed by atoms with Crippen LogP contribution in [0.15, 0.2) is 0 Å². The number of aliphatic carboxylic acids is 1. The van der Waals surface area contributed by atoms with Gasteiger partial charge in [-0.3, -0.25) is 4.79 Å². The van der Waals surface area contributed by atoms with Crippen LogP contribution >= 0.6 is 0 Å². The number of carbonyl (C=O) groups excluding carboxylic acids is 1. The number of hydrogen-bond donors (Lipinski definition) is 3. The monoisotopic (exact) mass is 259 g/mol. The molecule has 1 amide bonds. The van der Waals surface area contributed by atoms with Crippen LogP contribution in [0, 0.1) is 0 Å². The lowest BCUT2D eigenvalue weighted by Crippen LogP contribution is -2.47. The van der Waals surface area contributed by atoms with Crippen molar-refractivity contribution < 1.29 is 37.7 Å². The molecule has 100 valence electrons. The topological polar surface area (TPSA) is 95.9 Å². The molecular weight excluding hydrogens is 247 g/mol. The van der Waals surface area contributed by atoms with Gasteiger partial charge in [-0.25, -0.2) is 4.79 Å². The summed E-state index contributed by atoms with van der Waals surface area (Å²) in [4.78, 5) is 21.3. The first-order valence-corrected chi connectivity index (χ1v) is 4.41. The van der Waals surface area contributed by atoms with Crippen molar-refractivity contribution in [3.63, 3.8) is 0 Å². The van der Waals surface area contributed by atoms with Crippen molar-refractivity contribution in [3.05, 3.63) is 0 Å². The fourth-order valence-corrected chi connectivity index (χ4v) is 0.657. The van der Waals surface area contributed by atoms with E-state index in [9.17, 15) is 22.8 Å². The van der Waals surface area contributed by atoms with E-state index in [2.05, 4.69) is 4.74 Å². The first kappa shape index (κ1) is 15.7. The van der Waals surface area contributed by atoms with Crippen molar-refractivity contribution in [1.29, 1.82) is 0 Å². The van der Waals surface area contributed by atoms with Crippen molar-refractivity contribution in [2.45, 2.75) is 18.7 Å². The summed E-state index contributed by atoms with van der Waals surface area (Å²) < 4.78 is 38.9. The molecule has 0 bridgehead atoms. The van der Waals surface area contributed by atoms with Crippen molar-refractivity contribution in [1.82, 2.24) is 5.32 Å². The Morgan fingerprint density at radius 1 is 1.35 bits per heavy atom. The molecule has 1 atom stereocenters. The van der Waals surface area contributed by atoms with Crippen LogP contribution in [-0.4, -0.2) is 53.6 Å². The number of nitrogens with one attached hydrogen (secondary N) is 1. The number of carboxylic acids is 1. The predicted octanol–water partition coefficient (Wildman–Crippen LogP) is -0.483. The Bertz CT molecular complexity index is 289. The summed E-state index contributed by atoms with van der Waals surface area (Å²) in [7, 11) is 0. The van der Waals surface area contributed by atoms with Gasteiger partial charge < -0.3 is 20.3 Å². The van der Waals surface area contributed by atoms with Crippen molar-refractivity contribution >= 4 is 11.9 Å². The molecule has 6 nitrogen and oxygen atoms in total. The third-order valence-corrected chi connectivity index (χ3v) is 1.59. The van der Waals surface area contributed by atoms with Crippen molar-refractivity contribution in [3.8, 4) is 0 Å². The van der Waals surface area contributed by atoms with Crippen LogP contribution in [0.2, 0.25) is 0 Å². The number of carbonyl (C=O) groups is 2. The summed E-state index contributed by atoms with van der Waals surface area (Å²) in [6.45, 7) is -2.13. The predicted molar refractivity (Wildman–Crippen MR) is 48.1 cm³/mol. The Balaban J connectivity index is 3.86. The smallest absolute Gasteiger partial charge is 0.411 e. The summed E-state index contributed by atoms with van der Waals surface area (Å²) >= 11 is 0. The SMILES string of the molecule is CC(O)(CNC(=O)COCC(F)(F)F)C(=O)O. The van der Waals surface area contributed by atoms with Crippen LogP contribution in [0.3, 0.4) is 0 Å². The van der Waals surface area contributed by atoms with Gasteiger partial charge in [0.25, 0.3) is 0 Å². The highest BCUT2D eigenvalue weighted by molar-refractivity contribution is 5.80. The minimum absolute atomic E-state index is 0.628. The molecule has 9 heteroatoms. The normalized spacial score (nSPS) is 15.1. The second-order valence-electron chi connectivity index (χ2n) is 3.46. The van der Waals surface area contributed by atoms with Crippen LogP contribution in [0.1, 0.15) is 6.92 Å². The van der Waals surface area contributed by atoms with Gasteiger partial charge in [-0.2, -0.15) is 13.2 Å². The summed E-state index contributed by atoms with van der Waals surface area (Å²) in [5, 5.41) is 19.5. The van der Waals surface area contributed by atoms with Crippen LogP contribution in [0.5, 0.6) is 0 Å². The summed E-state index contributed by atoms with van der Waals surface area (Å²) in [6, 6.07) is 0. The molecule has 0 aliphatic rings. The van der Waals surface area contributed by atoms with Gasteiger partial charge >= 0.3 is 12.1 Å². The molecule has 0 fully saturated rings. The summed E-state index contributed by atoms with van der Waals surface area (Å²) in [6.07, 6.45) is -4.53. The van der Waals surface area contributed by atoms with E-state index in [1.165, 1.54) is 0 Å². The van der Waals surface area contributed by atoms with Gasteiger partial charge in [0.15, 0.2) is 5.60 Å². The van der Waals surface area contributed by atoms with E-state index in [1.54, 1.807) is 0 Å². The van der Waals surface area contributed by atoms with E-state index in [0.29, 0.717) is 0 Å². The number of amides is 1. The Kier molecular flexibility index (Phi) is 5.36. The van der Waals surface area contributed by atoms with Gasteiger partial charge in [0, 0.05) is 0 Å². The summed E-state index contributed by atoms with van der Waals surface area (Å²) in [5.41, 5.74) is -2.18. The zero-order chi connectivity index (χ0) is 13.7. The maximum atomic E-state index is 11.6. The molecule has 0 saturated carbocycles. The molecule has 0 aliphatic heterocycles. The van der Waals surface area contributed by atoms with Gasteiger partial charge in [-0.15, -0.1) is 0 Å². The maximum absolute atomic E-state index is 11.6. The quantitative estimate of drug-likeness (QED) is 0.598. The maximum Gasteiger partial charge on any atom is 0.411 e. The zero-order valence-corrected chi connectivity index (χ0v) is 8.87. The third kappa shape index (κ3) is 7.53. The molecule has 1 unspecified atom stereocenters. The number of aliphatic hydroxyl groups is 1. The molecule has 0 aromatic carbocycles.